The van der Waals surface area contributed by atoms with Gasteiger partial charge in [0.25, 0.3) is 13.4 Å². The van der Waals surface area contributed by atoms with Crippen molar-refractivity contribution >= 4 is 175 Å². The van der Waals surface area contributed by atoms with Gasteiger partial charge in [-0.15, -0.1) is 0 Å². The van der Waals surface area contributed by atoms with E-state index in [9.17, 15) is 0 Å². The van der Waals surface area contributed by atoms with Crippen LogP contribution in [0, 0.1) is 0 Å². The molecule has 14 aromatic carbocycles. The van der Waals surface area contributed by atoms with Gasteiger partial charge < -0.3 is 33.3 Å². The molecule has 0 fully saturated rings. The lowest BCUT2D eigenvalue weighted by Gasteiger charge is -2.44. The van der Waals surface area contributed by atoms with Crippen LogP contribution in [0.1, 0.15) is 0 Å². The Morgan fingerprint density at radius 1 is 0.247 bits per heavy atom. The van der Waals surface area contributed by atoms with E-state index in [2.05, 4.69) is 346 Å². The second-order valence-electron chi connectivity index (χ2n) is 24.7. The lowest BCUT2D eigenvalue weighted by molar-refractivity contribution is 0.669. The Balaban J connectivity index is 0.756. The molecule has 0 saturated carbocycles. The second-order valence-corrected chi connectivity index (χ2v) is 24.7. The number of para-hydroxylation sites is 7. The molecule has 0 unspecified atom stereocenters. The van der Waals surface area contributed by atoms with Crippen LogP contribution in [-0.2, 0) is 0 Å². The molecule has 432 valence electrons. The lowest BCUT2D eigenvalue weighted by Crippen LogP contribution is -2.61. The molecule has 0 radical (unpaired) electrons. The van der Waals surface area contributed by atoms with Crippen molar-refractivity contribution in [3.63, 3.8) is 0 Å². The predicted molar refractivity (Wildman–Crippen MR) is 389 cm³/mol. The third-order valence-electron chi connectivity index (χ3n) is 19.7. The predicted octanol–water partition coefficient (Wildman–Crippen LogP) is 18.8. The van der Waals surface area contributed by atoms with E-state index < -0.39 is 0 Å². The summed E-state index contributed by atoms with van der Waals surface area (Å²) in [6, 6.07) is 117. The van der Waals surface area contributed by atoms with Crippen LogP contribution in [-0.4, -0.2) is 13.4 Å². The number of hydrogen-bond donors (Lipinski definition) is 0. The molecular weight excluding hydrogens is 1130 g/mol. The summed E-state index contributed by atoms with van der Waals surface area (Å²) in [5.41, 5.74) is 29.7. The Morgan fingerprint density at radius 2 is 0.731 bits per heavy atom. The number of nitrogens with zero attached hydrogens (tertiary/aromatic N) is 5. The van der Waals surface area contributed by atoms with E-state index >= 15 is 0 Å². The Bertz CT molecular complexity index is 5660. The van der Waals surface area contributed by atoms with Crippen LogP contribution in [0.15, 0.2) is 330 Å². The normalized spacial score (nSPS) is 13.2. The quantitative estimate of drug-likeness (QED) is 0.140. The minimum Gasteiger partial charge on any atom is -0.456 e. The van der Waals surface area contributed by atoms with Crippen molar-refractivity contribution < 1.29 is 8.83 Å². The highest BCUT2D eigenvalue weighted by Crippen LogP contribution is 2.51. The van der Waals surface area contributed by atoms with Crippen LogP contribution in [0.2, 0.25) is 0 Å². The van der Waals surface area contributed by atoms with Crippen molar-refractivity contribution in [3.8, 4) is 11.1 Å². The summed E-state index contributed by atoms with van der Waals surface area (Å²) in [6.45, 7) is -0.159. The number of furan rings is 2. The zero-order valence-corrected chi connectivity index (χ0v) is 50.3. The summed E-state index contributed by atoms with van der Waals surface area (Å²) in [4.78, 5) is 12.2. The maximum absolute atomic E-state index is 7.27. The summed E-state index contributed by atoms with van der Waals surface area (Å²) in [5, 5.41) is 4.34. The van der Waals surface area contributed by atoms with Gasteiger partial charge in [0.2, 0.25) is 0 Å². The van der Waals surface area contributed by atoms with Crippen molar-refractivity contribution in [2.24, 2.45) is 0 Å². The first-order valence-electron chi connectivity index (χ1n) is 32.0. The fraction of sp³-hybridized carbons (Fsp3) is 0. The van der Waals surface area contributed by atoms with Crippen LogP contribution < -0.4 is 57.3 Å². The van der Waals surface area contributed by atoms with Crippen molar-refractivity contribution in [1.29, 1.82) is 0 Å². The number of rotatable bonds is 8. The molecule has 0 atom stereocenters. The molecule has 0 spiro atoms. The van der Waals surface area contributed by atoms with Crippen LogP contribution in [0.5, 0.6) is 0 Å². The molecule has 4 aliphatic heterocycles. The highest BCUT2D eigenvalue weighted by Gasteiger charge is 2.46. The molecule has 0 amide bonds. The highest BCUT2D eigenvalue weighted by molar-refractivity contribution is 7.01. The average Bonchev–Trinajstić information content (AvgIpc) is 1.54. The minimum atomic E-state index is -0.123. The van der Waals surface area contributed by atoms with E-state index in [1.165, 1.54) is 44.2 Å². The van der Waals surface area contributed by atoms with Gasteiger partial charge in [0.05, 0.1) is 5.69 Å². The molecule has 0 N–H and O–H groups in total. The Kier molecular flexibility index (Phi) is 11.2. The van der Waals surface area contributed by atoms with Crippen LogP contribution in [0.25, 0.3) is 55.0 Å². The van der Waals surface area contributed by atoms with E-state index in [0.717, 1.165) is 129 Å². The van der Waals surface area contributed by atoms with Gasteiger partial charge in [0, 0.05) is 107 Å². The number of anilines is 15. The van der Waals surface area contributed by atoms with Crippen LogP contribution >= 0.6 is 0 Å². The van der Waals surface area contributed by atoms with Gasteiger partial charge in [-0.05, 0) is 177 Å². The molecule has 20 rings (SSSR count). The maximum Gasteiger partial charge on any atom is 0.252 e. The van der Waals surface area contributed by atoms with E-state index in [1.54, 1.807) is 0 Å². The fourth-order valence-corrected chi connectivity index (χ4v) is 15.9. The van der Waals surface area contributed by atoms with Crippen LogP contribution in [0.3, 0.4) is 0 Å². The summed E-state index contributed by atoms with van der Waals surface area (Å²) >= 11 is 0. The van der Waals surface area contributed by atoms with Gasteiger partial charge in [0.1, 0.15) is 16.7 Å². The molecule has 6 heterocycles. The molecule has 2 aromatic heterocycles. The van der Waals surface area contributed by atoms with Crippen molar-refractivity contribution in [2.45, 2.75) is 0 Å². The number of hydrogen-bond acceptors (Lipinski definition) is 7. The summed E-state index contributed by atoms with van der Waals surface area (Å²) < 4.78 is 14.1. The first-order chi connectivity index (χ1) is 46.2. The molecule has 4 aliphatic rings. The first-order valence-corrected chi connectivity index (χ1v) is 32.0. The molecule has 93 heavy (non-hydrogen) atoms. The Labute approximate surface area is 538 Å². The molecular formula is C84H53B2N5O2. The largest absolute Gasteiger partial charge is 0.456 e. The molecule has 0 bridgehead atoms. The monoisotopic (exact) mass is 1190 g/mol. The van der Waals surface area contributed by atoms with E-state index in [-0.39, 0.29) is 13.4 Å². The summed E-state index contributed by atoms with van der Waals surface area (Å²) in [5.74, 6) is 0. The Morgan fingerprint density at radius 3 is 1.42 bits per heavy atom. The Hall–Kier alpha value is -12.2. The number of fused-ring (bicyclic) bond motifs is 15. The zero-order valence-electron chi connectivity index (χ0n) is 50.3. The van der Waals surface area contributed by atoms with Crippen molar-refractivity contribution in [1.82, 2.24) is 0 Å². The van der Waals surface area contributed by atoms with Gasteiger partial charge in [-0.2, -0.15) is 0 Å². The fourth-order valence-electron chi connectivity index (χ4n) is 15.9. The molecule has 16 aromatic rings. The van der Waals surface area contributed by atoms with E-state index in [1.807, 2.05) is 0 Å². The zero-order chi connectivity index (χ0) is 60.8. The first kappa shape index (κ1) is 51.7. The van der Waals surface area contributed by atoms with Gasteiger partial charge in [-0.1, -0.05) is 182 Å². The minimum absolute atomic E-state index is 0.0357. The van der Waals surface area contributed by atoms with Crippen molar-refractivity contribution in [3.05, 3.63) is 322 Å². The SMILES string of the molecule is c1ccc(N(c2ccccc2)c2ccc3c(c2)N(c2ccccc2)c2cccc4c2B3c2cc3c(cc2N4c2cccc(-c4ccc5oc6c7c(ccc6c5c4)B4c5ccccc5N(c5ccccc5)c5cccc(c54)N7c4ccccc4)c2)oc2ccccc23)cc1. The molecule has 0 aliphatic carbocycles. The molecule has 7 nitrogen and oxygen atoms in total. The van der Waals surface area contributed by atoms with Gasteiger partial charge >= 0.3 is 0 Å². The van der Waals surface area contributed by atoms with Gasteiger partial charge in [-0.25, -0.2) is 0 Å². The highest BCUT2D eigenvalue weighted by atomic mass is 16.3. The third-order valence-corrected chi connectivity index (χ3v) is 19.7. The molecule has 9 heteroatoms. The topological polar surface area (TPSA) is 42.5 Å². The molecule has 0 saturated heterocycles. The average molecular weight is 1190 g/mol. The van der Waals surface area contributed by atoms with Crippen LogP contribution in [0.4, 0.5) is 85.3 Å². The van der Waals surface area contributed by atoms with Crippen molar-refractivity contribution in [2.75, 3.05) is 24.5 Å². The lowest BCUT2D eigenvalue weighted by atomic mass is 9.33. The van der Waals surface area contributed by atoms with E-state index in [0.29, 0.717) is 0 Å². The second kappa shape index (κ2) is 20.2. The maximum atomic E-state index is 7.27. The standard InChI is InChI=1S/C84H53B2N5O2/c1-6-24-56(25-7-1)87(57-26-8-2-9-27-57)62-44-46-68-76(51-62)89(59-30-12-4-13-31-59)73-39-21-40-74-81(73)86(68)70-52-66-63-35-16-19-42-78(63)92-80(66)53-77(70)90(74)61-34-20-23-54(49-61)55-43-48-79-65(50-55)64-45-47-69-83(84(64)93-79)91(60-32-14-5-15-33-60)75-41-22-38-72-82(75)85(69)67-36-17-18-37-71(67)88(72)58-28-10-3-11-29-58/h1-53H. The smallest absolute Gasteiger partial charge is 0.252 e. The summed E-state index contributed by atoms with van der Waals surface area (Å²) in [7, 11) is 0. The van der Waals surface area contributed by atoms with Gasteiger partial charge in [-0.3, -0.25) is 0 Å². The van der Waals surface area contributed by atoms with E-state index in [4.69, 9.17) is 8.83 Å². The number of benzene rings is 14. The summed E-state index contributed by atoms with van der Waals surface area (Å²) in [6.07, 6.45) is 0. The third kappa shape index (κ3) is 7.68. The van der Waals surface area contributed by atoms with Gasteiger partial charge in [0.15, 0.2) is 5.58 Å².